The summed E-state index contributed by atoms with van der Waals surface area (Å²) in [7, 11) is -2.32. The van der Waals surface area contributed by atoms with Gasteiger partial charge in [0.1, 0.15) is 41.8 Å². The minimum atomic E-state index is -3.93. The fourth-order valence-electron chi connectivity index (χ4n) is 9.28. The molecule has 3 N–H and O–H groups in total. The molecule has 2 aliphatic heterocycles. The van der Waals surface area contributed by atoms with Gasteiger partial charge < -0.3 is 34.5 Å². The number of amides is 4. The summed E-state index contributed by atoms with van der Waals surface area (Å²) in [6, 6.07) is 3.40. The zero-order valence-corrected chi connectivity index (χ0v) is 38.0. The molecule has 4 heterocycles. The van der Waals surface area contributed by atoms with Gasteiger partial charge in [0.05, 0.1) is 41.7 Å². The Kier molecular flexibility index (Phi) is 12.7. The number of thiazole rings is 1. The van der Waals surface area contributed by atoms with Gasteiger partial charge in [0.15, 0.2) is 0 Å². The maximum Gasteiger partial charge on any atom is 0.407 e. The zero-order chi connectivity index (χ0) is 44.7. The van der Waals surface area contributed by atoms with Crippen LogP contribution in [0.15, 0.2) is 36.2 Å². The lowest BCUT2D eigenvalue weighted by atomic mass is 9.83. The van der Waals surface area contributed by atoms with Crippen LogP contribution in [0.4, 0.5) is 4.79 Å². The summed E-state index contributed by atoms with van der Waals surface area (Å²) in [6.45, 7) is 10.1. The summed E-state index contributed by atoms with van der Waals surface area (Å²) in [5.41, 5.74) is 0.257. The lowest BCUT2D eigenvalue weighted by Gasteiger charge is -2.35. The third-order valence-corrected chi connectivity index (χ3v) is 15.8. The molecular weight excluding hydrogens is 849 g/mol. The van der Waals surface area contributed by atoms with E-state index in [9.17, 15) is 22.8 Å². The monoisotopic (exact) mass is 906 g/mol. The molecule has 5 aliphatic rings. The van der Waals surface area contributed by atoms with Crippen molar-refractivity contribution in [3.05, 3.63) is 52.5 Å². The van der Waals surface area contributed by atoms with E-state index >= 15 is 4.79 Å². The number of nitrogens with one attached hydrogen (secondary N) is 3. The molecule has 16 nitrogen and oxygen atoms in total. The van der Waals surface area contributed by atoms with Crippen LogP contribution < -0.4 is 29.6 Å². The molecule has 4 fully saturated rings. The predicted molar refractivity (Wildman–Crippen MR) is 235 cm³/mol. The second-order valence-electron chi connectivity index (χ2n) is 18.6. The Balaban J connectivity index is 1.17. The van der Waals surface area contributed by atoms with Crippen molar-refractivity contribution in [2.75, 3.05) is 20.3 Å². The number of aromatic nitrogens is 2. The smallest absolute Gasteiger partial charge is 0.407 e. The van der Waals surface area contributed by atoms with Crippen LogP contribution in [0.25, 0.3) is 10.9 Å². The number of methoxy groups -OCH3 is 1. The Morgan fingerprint density at radius 1 is 1.10 bits per heavy atom. The molecule has 3 aromatic rings. The Hall–Kier alpha value is -4.97. The van der Waals surface area contributed by atoms with Crippen molar-refractivity contribution in [3.8, 4) is 17.4 Å². The molecule has 18 heteroatoms. The van der Waals surface area contributed by atoms with E-state index in [0.29, 0.717) is 54.5 Å². The second kappa shape index (κ2) is 17.9. The Morgan fingerprint density at radius 3 is 2.56 bits per heavy atom. The van der Waals surface area contributed by atoms with E-state index in [2.05, 4.69) is 26.9 Å². The summed E-state index contributed by atoms with van der Waals surface area (Å²) >= 11 is 1.52. The Bertz CT molecular complexity index is 2380. The molecule has 0 spiro atoms. The standard InChI is InChI=1S/C45H58N6O10S2/c1-6-29-21-45(29,42(54)50-63(56,57)32-14-15-32)49-40(52)35-18-31-22-51(35)41(53)39(27-11-8-7-9-12-27)48-43(55)60-25-44(3,4)16-10-13-28-17-33-34(19-36(28)58-5)47-38(20-37(33)61-31)59-23-30-24-62-26(2)46-30/h6,17,19-20,24,27,29,31-32,35,39H,1,7-16,18,21-23,25H2,2-5H3,(H,48,55)(H,49,52)(H,50,54)/t29-,31+,35-,39-,45-/m0/s1. The minimum absolute atomic E-state index is 0.0194. The van der Waals surface area contributed by atoms with Gasteiger partial charge in [0.25, 0.3) is 5.91 Å². The molecule has 4 bridgehead atoms. The molecule has 2 aromatic heterocycles. The summed E-state index contributed by atoms with van der Waals surface area (Å²) in [5, 5.41) is 8.64. The van der Waals surface area contributed by atoms with Gasteiger partial charge in [-0.2, -0.15) is 0 Å². The van der Waals surface area contributed by atoms with Gasteiger partial charge in [-0.25, -0.2) is 23.2 Å². The fourth-order valence-corrected chi connectivity index (χ4v) is 11.2. The first kappa shape index (κ1) is 44.6. The van der Waals surface area contributed by atoms with Gasteiger partial charge in [-0.15, -0.1) is 17.9 Å². The maximum atomic E-state index is 15.1. The third kappa shape index (κ3) is 9.91. The average Bonchev–Trinajstić information content (AvgIpc) is 4.16. The van der Waals surface area contributed by atoms with Crippen LogP contribution in [0.3, 0.4) is 0 Å². The van der Waals surface area contributed by atoms with Crippen molar-refractivity contribution in [2.45, 2.75) is 133 Å². The molecule has 3 aliphatic carbocycles. The molecule has 3 saturated carbocycles. The van der Waals surface area contributed by atoms with Crippen molar-refractivity contribution in [1.82, 2.24) is 30.2 Å². The van der Waals surface area contributed by atoms with Crippen LogP contribution >= 0.6 is 11.3 Å². The number of hydrogen-bond donors (Lipinski definition) is 3. The SMILES string of the molecule is C=C[C@H]1C[C@@]1(NC(=O)[C@@H]1C[C@@H]2CN1C(=O)[C@H](C1CCCCC1)NC(=O)OCC(C)(C)CCCc1cc3c(cc(OCc4csc(C)n4)nc3cc1OC)O2)C(=O)NS(=O)(=O)C1CC1. The average molecular weight is 907 g/mol. The number of sulfonamides is 1. The molecule has 5 atom stereocenters. The van der Waals surface area contributed by atoms with Crippen molar-refractivity contribution >= 4 is 56.1 Å². The van der Waals surface area contributed by atoms with Crippen LogP contribution in [0, 0.1) is 24.2 Å². The maximum absolute atomic E-state index is 15.1. The number of rotatable bonds is 11. The molecular formula is C45H58N6O10S2. The lowest BCUT2D eigenvalue weighted by molar-refractivity contribution is -0.142. The molecule has 0 radical (unpaired) electrons. The van der Waals surface area contributed by atoms with E-state index in [0.717, 1.165) is 48.4 Å². The molecule has 340 valence electrons. The van der Waals surface area contributed by atoms with E-state index in [1.165, 1.54) is 22.3 Å². The molecule has 4 amide bonds. The summed E-state index contributed by atoms with van der Waals surface area (Å²) in [5.74, 6) is -1.36. The van der Waals surface area contributed by atoms with Crippen molar-refractivity contribution < 1.29 is 46.5 Å². The number of benzene rings is 1. The lowest BCUT2D eigenvalue weighted by Crippen LogP contribution is -2.59. The highest BCUT2D eigenvalue weighted by atomic mass is 32.2. The van der Waals surface area contributed by atoms with Gasteiger partial charge in [0.2, 0.25) is 27.7 Å². The molecule has 0 unspecified atom stereocenters. The number of alkyl carbamates (subject to hydrolysis) is 1. The highest BCUT2D eigenvalue weighted by Crippen LogP contribution is 2.46. The highest BCUT2D eigenvalue weighted by molar-refractivity contribution is 7.91. The number of hydrogen-bond acceptors (Lipinski definition) is 13. The van der Waals surface area contributed by atoms with Gasteiger partial charge >= 0.3 is 6.09 Å². The topological polar surface area (TPSA) is 204 Å². The molecule has 1 saturated heterocycles. The molecule has 8 rings (SSSR count). The largest absolute Gasteiger partial charge is 0.496 e. The van der Waals surface area contributed by atoms with Crippen LogP contribution in [0.1, 0.15) is 101 Å². The van der Waals surface area contributed by atoms with E-state index in [4.69, 9.17) is 23.9 Å². The molecule has 1 aromatic carbocycles. The van der Waals surface area contributed by atoms with E-state index < -0.39 is 74.1 Å². The first-order valence-electron chi connectivity index (χ1n) is 22.0. The molecule has 63 heavy (non-hydrogen) atoms. The minimum Gasteiger partial charge on any atom is -0.496 e. The van der Waals surface area contributed by atoms with Crippen LogP contribution in [-0.4, -0.2) is 96.3 Å². The third-order valence-electron chi connectivity index (χ3n) is 13.1. The highest BCUT2D eigenvalue weighted by Gasteiger charge is 2.62. The number of carbonyl (C=O) groups excluding carboxylic acids is 4. The number of carbonyl (C=O) groups is 4. The number of fused-ring (bicyclic) bond motifs is 3. The van der Waals surface area contributed by atoms with E-state index in [1.807, 2.05) is 38.3 Å². The van der Waals surface area contributed by atoms with E-state index in [-0.39, 0.29) is 44.4 Å². The van der Waals surface area contributed by atoms with Crippen LogP contribution in [-0.2, 0) is 42.2 Å². The Morgan fingerprint density at radius 2 is 1.87 bits per heavy atom. The zero-order valence-electron chi connectivity index (χ0n) is 36.4. The number of aryl methyl sites for hydroxylation is 2. The van der Waals surface area contributed by atoms with Crippen molar-refractivity contribution in [3.63, 3.8) is 0 Å². The van der Waals surface area contributed by atoms with Crippen LogP contribution in [0.2, 0.25) is 0 Å². The first-order chi connectivity index (χ1) is 30.1. The normalized spacial score (nSPS) is 26.7. The predicted octanol–water partition coefficient (Wildman–Crippen LogP) is 5.64. The quantitative estimate of drug-likeness (QED) is 0.200. The number of pyridine rings is 1. The van der Waals surface area contributed by atoms with Crippen molar-refractivity contribution in [2.24, 2.45) is 17.3 Å². The second-order valence-corrected chi connectivity index (χ2v) is 21.6. The van der Waals surface area contributed by atoms with Gasteiger partial charge in [-0.3, -0.25) is 19.1 Å². The summed E-state index contributed by atoms with van der Waals surface area (Å²) < 4.78 is 52.7. The number of ether oxygens (including phenoxy) is 4. The summed E-state index contributed by atoms with van der Waals surface area (Å²) in [6.07, 6.45) is 7.43. The van der Waals surface area contributed by atoms with Crippen LogP contribution in [0.5, 0.6) is 17.4 Å². The van der Waals surface area contributed by atoms with Gasteiger partial charge in [-0.1, -0.05) is 39.2 Å². The van der Waals surface area contributed by atoms with E-state index in [1.54, 1.807) is 13.2 Å². The number of nitrogens with zero attached hydrogens (tertiary/aromatic N) is 3. The van der Waals surface area contributed by atoms with Crippen molar-refractivity contribution in [1.29, 1.82) is 0 Å². The number of cyclic esters (lactones) is 1. The summed E-state index contributed by atoms with van der Waals surface area (Å²) in [4.78, 5) is 67.9. The van der Waals surface area contributed by atoms with Gasteiger partial charge in [-0.05, 0) is 81.3 Å². The Labute approximate surface area is 372 Å². The first-order valence-corrected chi connectivity index (χ1v) is 24.5. The fraction of sp³-hybridized carbons (Fsp3) is 0.600. The van der Waals surface area contributed by atoms with Gasteiger partial charge in [0, 0.05) is 35.2 Å².